The van der Waals surface area contributed by atoms with E-state index in [1.54, 1.807) is 4.90 Å². The van der Waals surface area contributed by atoms with Gasteiger partial charge < -0.3 is 9.80 Å². The van der Waals surface area contributed by atoms with Gasteiger partial charge in [0.1, 0.15) is 0 Å². The van der Waals surface area contributed by atoms with E-state index < -0.39 is 0 Å². The molecule has 2 heterocycles. The molecule has 2 fully saturated rings. The Hall–Kier alpha value is -1.33. The number of nitrogens with zero attached hydrogens (tertiary/aromatic N) is 4. The molecule has 0 aromatic heterocycles. The van der Waals surface area contributed by atoms with Gasteiger partial charge in [0.2, 0.25) is 0 Å². The Morgan fingerprint density at radius 1 is 0.750 bits per heavy atom. The highest BCUT2D eigenvalue weighted by molar-refractivity contribution is 5.74. The number of amides is 2. The maximum absolute atomic E-state index is 13.7. The lowest BCUT2D eigenvalue weighted by Crippen LogP contribution is -2.69. The molecule has 0 spiro atoms. The quantitative estimate of drug-likeness (QED) is 0.513. The summed E-state index contributed by atoms with van der Waals surface area (Å²) in [7, 11) is 3.78. The topological polar surface area (TPSA) is 30.0 Å². The van der Waals surface area contributed by atoms with Crippen molar-refractivity contribution in [2.75, 3.05) is 27.2 Å². The van der Waals surface area contributed by atoms with E-state index in [1.807, 2.05) is 26.2 Å². The molecule has 0 bridgehead atoms. The lowest BCUT2D eigenvalue weighted by Gasteiger charge is -2.61. The molecule has 2 aliphatic rings. The number of urea groups is 1. The molecule has 0 N–H and O–H groups in total. The van der Waals surface area contributed by atoms with E-state index in [4.69, 9.17) is 0 Å². The normalized spacial score (nSPS) is 25.8. The zero-order chi connectivity index (χ0) is 24.7. The summed E-state index contributed by atoms with van der Waals surface area (Å²) in [5, 5.41) is 0. The largest absolute Gasteiger partial charge is 0.331 e. The molecular weight excluding hydrogens is 396 g/mol. The zero-order valence-corrected chi connectivity index (χ0v) is 22.7. The molecule has 0 aliphatic carbocycles. The minimum absolute atomic E-state index is 0.0139. The Balaban J connectivity index is 2.47. The average Bonchev–Trinajstić information content (AvgIpc) is 2.60. The van der Waals surface area contributed by atoms with Crippen LogP contribution in [-0.2, 0) is 0 Å². The summed E-state index contributed by atoms with van der Waals surface area (Å²) in [5.41, 5.74) is -0.0554. The van der Waals surface area contributed by atoms with Gasteiger partial charge in [-0.15, -0.1) is 13.2 Å². The Morgan fingerprint density at radius 3 is 1.25 bits per heavy atom. The smallest absolute Gasteiger partial charge is 0.319 e. The molecule has 2 rings (SSSR count). The molecule has 0 saturated carbocycles. The second-order valence-electron chi connectivity index (χ2n) is 12.8. The summed E-state index contributed by atoms with van der Waals surface area (Å²) in [5.74, 6) is 0. The number of hydrogen-bond donors (Lipinski definition) is 0. The van der Waals surface area contributed by atoms with Crippen molar-refractivity contribution in [2.24, 2.45) is 0 Å². The fourth-order valence-corrected chi connectivity index (χ4v) is 7.01. The number of rotatable bonds is 6. The molecule has 2 saturated heterocycles. The molecule has 0 atom stereocenters. The Kier molecular flexibility index (Phi) is 7.68. The molecule has 0 unspecified atom stereocenters. The Morgan fingerprint density at radius 2 is 1.03 bits per heavy atom. The Labute approximate surface area is 198 Å². The molecule has 5 heteroatoms. The van der Waals surface area contributed by atoms with Crippen molar-refractivity contribution in [3.8, 4) is 0 Å². The van der Waals surface area contributed by atoms with E-state index >= 15 is 0 Å². The van der Waals surface area contributed by atoms with Gasteiger partial charge in [0, 0.05) is 61.4 Å². The maximum Gasteiger partial charge on any atom is 0.319 e. The maximum atomic E-state index is 13.7. The summed E-state index contributed by atoms with van der Waals surface area (Å²) in [6.07, 6.45) is 7.89. The second-order valence-corrected chi connectivity index (χ2v) is 12.8. The fraction of sp³-hybridized carbons (Fsp3) is 0.815. The van der Waals surface area contributed by atoms with E-state index in [2.05, 4.69) is 83.2 Å². The van der Waals surface area contributed by atoms with Crippen LogP contribution >= 0.6 is 0 Å². The van der Waals surface area contributed by atoms with Crippen LogP contribution in [0.15, 0.2) is 25.3 Å². The van der Waals surface area contributed by atoms with Crippen molar-refractivity contribution in [1.29, 1.82) is 0 Å². The van der Waals surface area contributed by atoms with Gasteiger partial charge in [0.05, 0.1) is 0 Å². The predicted molar refractivity (Wildman–Crippen MR) is 137 cm³/mol. The molecule has 0 radical (unpaired) electrons. The van der Waals surface area contributed by atoms with Crippen molar-refractivity contribution in [3.63, 3.8) is 0 Å². The van der Waals surface area contributed by atoms with Crippen molar-refractivity contribution in [2.45, 2.75) is 115 Å². The third-order valence-electron chi connectivity index (χ3n) is 7.88. The monoisotopic (exact) mass is 446 g/mol. The van der Waals surface area contributed by atoms with Crippen LogP contribution in [-0.4, -0.2) is 87.1 Å². The molecular formula is C27H50N4O. The molecule has 0 aromatic carbocycles. The molecule has 2 aliphatic heterocycles. The SMILES string of the molecule is C=CCN1C(C)(C)CC(N(C(=O)N(C)C)C2CC(C)(C)N(CC=C)C(C)(C)C2)CC1(C)C. The van der Waals surface area contributed by atoms with E-state index in [0.717, 1.165) is 38.8 Å². The van der Waals surface area contributed by atoms with Crippen LogP contribution in [0.5, 0.6) is 0 Å². The summed E-state index contributed by atoms with van der Waals surface area (Å²) < 4.78 is 0. The lowest BCUT2D eigenvalue weighted by atomic mass is 9.73. The lowest BCUT2D eigenvalue weighted by molar-refractivity contribution is -0.0882. The van der Waals surface area contributed by atoms with Gasteiger partial charge >= 0.3 is 6.03 Å². The van der Waals surface area contributed by atoms with E-state index in [9.17, 15) is 4.79 Å². The van der Waals surface area contributed by atoms with E-state index in [-0.39, 0.29) is 40.3 Å². The molecule has 32 heavy (non-hydrogen) atoms. The van der Waals surface area contributed by atoms with Gasteiger partial charge in [-0.25, -0.2) is 4.79 Å². The minimum Gasteiger partial charge on any atom is -0.331 e. The fourth-order valence-electron chi connectivity index (χ4n) is 7.01. The van der Waals surface area contributed by atoms with Crippen molar-refractivity contribution in [1.82, 2.24) is 19.6 Å². The highest BCUT2D eigenvalue weighted by Crippen LogP contribution is 2.45. The number of carbonyl (C=O) groups excluding carboxylic acids is 1. The first-order valence-electron chi connectivity index (χ1n) is 12.3. The molecule has 5 nitrogen and oxygen atoms in total. The van der Waals surface area contributed by atoms with Crippen molar-refractivity contribution in [3.05, 3.63) is 25.3 Å². The van der Waals surface area contributed by atoms with Gasteiger partial charge in [-0.1, -0.05) is 12.2 Å². The van der Waals surface area contributed by atoms with Gasteiger partial charge in [0.15, 0.2) is 0 Å². The first kappa shape index (κ1) is 26.9. The number of hydrogen-bond acceptors (Lipinski definition) is 3. The van der Waals surface area contributed by atoms with Crippen LogP contribution in [0.4, 0.5) is 4.79 Å². The van der Waals surface area contributed by atoms with Gasteiger partial charge in [-0.3, -0.25) is 9.80 Å². The average molecular weight is 447 g/mol. The summed E-state index contributed by atoms with van der Waals surface area (Å²) in [6, 6.07) is 0.560. The van der Waals surface area contributed by atoms with Crippen LogP contribution in [0.2, 0.25) is 0 Å². The summed E-state index contributed by atoms with van der Waals surface area (Å²) in [6.45, 7) is 28.3. The highest BCUT2D eigenvalue weighted by Gasteiger charge is 2.52. The van der Waals surface area contributed by atoms with E-state index in [0.29, 0.717) is 0 Å². The van der Waals surface area contributed by atoms with Gasteiger partial charge in [0.25, 0.3) is 0 Å². The summed E-state index contributed by atoms with van der Waals surface area (Å²) in [4.78, 5) is 22.8. The van der Waals surface area contributed by atoms with Crippen molar-refractivity contribution >= 4 is 6.03 Å². The third kappa shape index (κ3) is 5.25. The predicted octanol–water partition coefficient (Wildman–Crippen LogP) is 5.39. The number of carbonyl (C=O) groups is 1. The minimum atomic E-state index is -0.0139. The summed E-state index contributed by atoms with van der Waals surface area (Å²) >= 11 is 0. The highest BCUT2D eigenvalue weighted by atomic mass is 16.2. The van der Waals surface area contributed by atoms with Crippen LogP contribution < -0.4 is 0 Å². The van der Waals surface area contributed by atoms with Gasteiger partial charge in [-0.2, -0.15) is 0 Å². The van der Waals surface area contributed by atoms with Crippen LogP contribution in [0.1, 0.15) is 81.1 Å². The van der Waals surface area contributed by atoms with Crippen LogP contribution in [0.3, 0.4) is 0 Å². The van der Waals surface area contributed by atoms with E-state index in [1.165, 1.54) is 0 Å². The Bertz CT molecular complexity index is 620. The number of piperidine rings is 2. The van der Waals surface area contributed by atoms with Crippen LogP contribution in [0, 0.1) is 0 Å². The standard InChI is InChI=1S/C27H50N4O/c1-13-15-29-24(3,4)17-21(18-25(29,5)6)31(23(32)28(11)12)22-19-26(7,8)30(16-14-2)27(9,10)20-22/h13-14,21-22H,1-2,15-20H2,3-12H3. The van der Waals surface area contributed by atoms with Crippen LogP contribution in [0.25, 0.3) is 0 Å². The van der Waals surface area contributed by atoms with Crippen molar-refractivity contribution < 1.29 is 4.79 Å². The number of likely N-dealkylation sites (tertiary alicyclic amines) is 2. The molecule has 0 aromatic rings. The second kappa shape index (κ2) is 9.13. The first-order chi connectivity index (χ1) is 14.5. The third-order valence-corrected chi connectivity index (χ3v) is 7.88. The zero-order valence-electron chi connectivity index (χ0n) is 22.7. The first-order valence-corrected chi connectivity index (χ1v) is 12.3. The van der Waals surface area contributed by atoms with Gasteiger partial charge in [-0.05, 0) is 81.1 Å². The molecule has 2 amide bonds. The molecule has 184 valence electrons.